The maximum atomic E-state index is 13.4. The van der Waals surface area contributed by atoms with E-state index < -0.39 is 28.1 Å². The summed E-state index contributed by atoms with van der Waals surface area (Å²) >= 11 is 0. The Morgan fingerprint density at radius 3 is 2.35 bits per heavy atom. The second-order valence-corrected chi connectivity index (χ2v) is 4.03. The van der Waals surface area contributed by atoms with E-state index in [-0.39, 0.29) is 6.54 Å². The van der Waals surface area contributed by atoms with Crippen molar-refractivity contribution in [2.24, 2.45) is 0 Å². The molecule has 0 spiro atoms. The number of hydrogen-bond donors (Lipinski definition) is 1. The van der Waals surface area contributed by atoms with Crippen molar-refractivity contribution in [1.82, 2.24) is 0 Å². The zero-order chi connectivity index (χ0) is 14.7. The Morgan fingerprint density at radius 1 is 1.00 bits per heavy atom. The van der Waals surface area contributed by atoms with Gasteiger partial charge in [0.1, 0.15) is 0 Å². The molecule has 0 aliphatic carbocycles. The van der Waals surface area contributed by atoms with Crippen LogP contribution >= 0.6 is 0 Å². The lowest BCUT2D eigenvalue weighted by atomic mass is 10.2. The van der Waals surface area contributed by atoms with Gasteiger partial charge in [0.25, 0.3) is 0 Å². The van der Waals surface area contributed by atoms with E-state index in [9.17, 15) is 23.3 Å². The molecule has 2 aromatic rings. The van der Waals surface area contributed by atoms with Gasteiger partial charge in [-0.3, -0.25) is 10.1 Å². The summed E-state index contributed by atoms with van der Waals surface area (Å²) in [5.41, 5.74) is 0.142. The molecular formula is C13H9F3N2O2. The molecule has 0 heterocycles. The largest absolute Gasteiger partial charge is 0.381 e. The van der Waals surface area contributed by atoms with Gasteiger partial charge in [0, 0.05) is 24.4 Å². The molecule has 0 saturated heterocycles. The summed E-state index contributed by atoms with van der Waals surface area (Å²) < 4.78 is 39.1. The van der Waals surface area contributed by atoms with Gasteiger partial charge in [-0.1, -0.05) is 6.07 Å². The zero-order valence-corrected chi connectivity index (χ0v) is 10.1. The van der Waals surface area contributed by atoms with Crippen molar-refractivity contribution in [3.05, 3.63) is 69.5 Å². The molecule has 0 unspecified atom stereocenters. The van der Waals surface area contributed by atoms with Crippen LogP contribution < -0.4 is 5.32 Å². The maximum absolute atomic E-state index is 13.4. The van der Waals surface area contributed by atoms with Gasteiger partial charge in [0.05, 0.1) is 4.92 Å². The van der Waals surface area contributed by atoms with E-state index in [2.05, 4.69) is 5.32 Å². The molecule has 0 bridgehead atoms. The van der Waals surface area contributed by atoms with Crippen LogP contribution in [-0.4, -0.2) is 4.92 Å². The summed E-state index contributed by atoms with van der Waals surface area (Å²) in [5.74, 6) is -2.89. The number of nitro groups is 1. The van der Waals surface area contributed by atoms with Crippen LogP contribution in [0.15, 0.2) is 36.4 Å². The standard InChI is InChI=1S/C13H9F3N2O2/c14-10-3-1-8(5-11(10)15)7-17-9-2-4-13(18(19)20)12(16)6-9/h1-6,17H,7H2. The Bertz CT molecular complexity index is 662. The van der Waals surface area contributed by atoms with Crippen LogP contribution in [0.3, 0.4) is 0 Å². The van der Waals surface area contributed by atoms with Crippen LogP contribution in [0.25, 0.3) is 0 Å². The van der Waals surface area contributed by atoms with Crippen molar-refractivity contribution in [3.8, 4) is 0 Å². The number of nitrogens with zero attached hydrogens (tertiary/aromatic N) is 1. The minimum absolute atomic E-state index is 0.133. The van der Waals surface area contributed by atoms with Crippen LogP contribution in [0, 0.1) is 27.6 Å². The Labute approximate surface area is 112 Å². The molecule has 0 radical (unpaired) electrons. The molecular weight excluding hydrogens is 273 g/mol. The van der Waals surface area contributed by atoms with E-state index in [1.54, 1.807) is 0 Å². The van der Waals surface area contributed by atoms with Crippen LogP contribution in [-0.2, 0) is 6.54 Å². The quantitative estimate of drug-likeness (QED) is 0.688. The highest BCUT2D eigenvalue weighted by Gasteiger charge is 2.13. The fraction of sp³-hybridized carbons (Fsp3) is 0.0769. The minimum Gasteiger partial charge on any atom is -0.381 e. The number of benzene rings is 2. The lowest BCUT2D eigenvalue weighted by Crippen LogP contribution is -2.01. The average molecular weight is 282 g/mol. The number of nitrogens with one attached hydrogen (secondary N) is 1. The van der Waals surface area contributed by atoms with E-state index in [1.165, 1.54) is 12.1 Å². The number of nitro benzene ring substituents is 1. The zero-order valence-electron chi connectivity index (χ0n) is 10.1. The molecule has 0 fully saturated rings. The van der Waals surface area contributed by atoms with Gasteiger partial charge in [-0.05, 0) is 23.8 Å². The van der Waals surface area contributed by atoms with Gasteiger partial charge >= 0.3 is 5.69 Å². The van der Waals surface area contributed by atoms with Crippen molar-refractivity contribution in [2.45, 2.75) is 6.54 Å². The molecule has 0 aromatic heterocycles. The SMILES string of the molecule is O=[N+]([O-])c1ccc(NCc2ccc(F)c(F)c2)cc1F. The molecule has 0 atom stereocenters. The average Bonchev–Trinajstić information content (AvgIpc) is 2.40. The van der Waals surface area contributed by atoms with Crippen LogP contribution in [0.5, 0.6) is 0 Å². The molecule has 0 amide bonds. The number of rotatable bonds is 4. The van der Waals surface area contributed by atoms with Crippen LogP contribution in [0.4, 0.5) is 24.5 Å². The summed E-state index contributed by atoms with van der Waals surface area (Å²) in [4.78, 5) is 9.62. The highest BCUT2D eigenvalue weighted by Crippen LogP contribution is 2.21. The third-order valence-corrected chi connectivity index (χ3v) is 2.63. The topological polar surface area (TPSA) is 55.2 Å². The van der Waals surface area contributed by atoms with Crippen molar-refractivity contribution in [2.75, 3.05) is 5.32 Å². The molecule has 20 heavy (non-hydrogen) atoms. The van der Waals surface area contributed by atoms with Crippen molar-refractivity contribution < 1.29 is 18.1 Å². The summed E-state index contributed by atoms with van der Waals surface area (Å²) in [6, 6.07) is 6.72. The first kappa shape index (κ1) is 13.9. The van der Waals surface area contributed by atoms with Crippen molar-refractivity contribution >= 4 is 11.4 Å². The van der Waals surface area contributed by atoms with Crippen molar-refractivity contribution in [3.63, 3.8) is 0 Å². The van der Waals surface area contributed by atoms with Gasteiger partial charge in [-0.15, -0.1) is 0 Å². The molecule has 104 valence electrons. The van der Waals surface area contributed by atoms with E-state index in [0.29, 0.717) is 11.3 Å². The van der Waals surface area contributed by atoms with E-state index in [4.69, 9.17) is 0 Å². The van der Waals surface area contributed by atoms with Gasteiger partial charge in [-0.25, -0.2) is 8.78 Å². The third kappa shape index (κ3) is 3.05. The van der Waals surface area contributed by atoms with E-state index in [0.717, 1.165) is 24.3 Å². The Morgan fingerprint density at radius 2 is 1.75 bits per heavy atom. The third-order valence-electron chi connectivity index (χ3n) is 2.63. The summed E-state index contributed by atoms with van der Waals surface area (Å²) in [6.45, 7) is 0.133. The first-order valence-corrected chi connectivity index (χ1v) is 5.59. The van der Waals surface area contributed by atoms with E-state index in [1.807, 2.05) is 0 Å². The highest BCUT2D eigenvalue weighted by atomic mass is 19.2. The van der Waals surface area contributed by atoms with Crippen LogP contribution in [0.2, 0.25) is 0 Å². The first-order valence-electron chi connectivity index (χ1n) is 5.59. The van der Waals surface area contributed by atoms with Gasteiger partial charge < -0.3 is 5.32 Å². The number of halogens is 3. The molecule has 1 N–H and O–H groups in total. The lowest BCUT2D eigenvalue weighted by Gasteiger charge is -2.07. The molecule has 4 nitrogen and oxygen atoms in total. The van der Waals surface area contributed by atoms with Gasteiger partial charge in [0.2, 0.25) is 5.82 Å². The summed E-state index contributed by atoms with van der Waals surface area (Å²) in [6.07, 6.45) is 0. The smallest absolute Gasteiger partial charge is 0.304 e. The number of anilines is 1. The predicted molar refractivity (Wildman–Crippen MR) is 66.7 cm³/mol. The fourth-order valence-corrected chi connectivity index (χ4v) is 1.62. The lowest BCUT2D eigenvalue weighted by molar-refractivity contribution is -0.387. The molecule has 2 rings (SSSR count). The maximum Gasteiger partial charge on any atom is 0.304 e. The normalized spacial score (nSPS) is 10.3. The first-order chi connectivity index (χ1) is 9.47. The number of hydrogen-bond acceptors (Lipinski definition) is 3. The molecule has 7 heteroatoms. The second kappa shape index (κ2) is 5.60. The van der Waals surface area contributed by atoms with Gasteiger partial charge in [-0.2, -0.15) is 4.39 Å². The van der Waals surface area contributed by atoms with Crippen LogP contribution in [0.1, 0.15) is 5.56 Å². The molecule has 0 aliphatic rings. The fourth-order valence-electron chi connectivity index (χ4n) is 1.62. The summed E-state index contributed by atoms with van der Waals surface area (Å²) in [7, 11) is 0. The highest BCUT2D eigenvalue weighted by molar-refractivity contribution is 5.49. The molecule has 0 saturated carbocycles. The second-order valence-electron chi connectivity index (χ2n) is 4.03. The molecule has 0 aliphatic heterocycles. The van der Waals surface area contributed by atoms with Crippen molar-refractivity contribution in [1.29, 1.82) is 0 Å². The van der Waals surface area contributed by atoms with Gasteiger partial charge in [0.15, 0.2) is 11.6 Å². The summed E-state index contributed by atoms with van der Waals surface area (Å²) in [5, 5.41) is 13.2. The predicted octanol–water partition coefficient (Wildman–Crippen LogP) is 3.62. The Hall–Kier alpha value is -2.57. The molecule has 2 aromatic carbocycles. The Balaban J connectivity index is 2.09. The van der Waals surface area contributed by atoms with E-state index >= 15 is 0 Å². The Kier molecular flexibility index (Phi) is 3.88. The monoisotopic (exact) mass is 282 g/mol. The minimum atomic E-state index is -0.973.